The van der Waals surface area contributed by atoms with Gasteiger partial charge < -0.3 is 10.4 Å². The summed E-state index contributed by atoms with van der Waals surface area (Å²) in [5.74, 6) is -1.13. The van der Waals surface area contributed by atoms with Gasteiger partial charge in [0.25, 0.3) is 5.91 Å². The first-order valence-corrected chi connectivity index (χ1v) is 7.80. The zero-order valence-electron chi connectivity index (χ0n) is 13.1. The lowest BCUT2D eigenvalue weighted by Gasteiger charge is -2.17. The minimum absolute atomic E-state index is 0.0321. The van der Waals surface area contributed by atoms with Crippen LogP contribution in [0.25, 0.3) is 22.4 Å². The summed E-state index contributed by atoms with van der Waals surface area (Å²) in [6, 6.07) is 13.2. The Morgan fingerprint density at radius 3 is 2.52 bits per heavy atom. The number of carbonyl (C=O) groups excluding carboxylic acids is 1. The maximum Gasteiger partial charge on any atom is 0.356 e. The fraction of sp³-hybridized carbons (Fsp3) is 0.111. The summed E-state index contributed by atoms with van der Waals surface area (Å²) in [7, 11) is 0. The van der Waals surface area contributed by atoms with Gasteiger partial charge in [0.15, 0.2) is 5.69 Å². The summed E-state index contributed by atoms with van der Waals surface area (Å²) >= 11 is 0. The first kappa shape index (κ1) is 15.1. The van der Waals surface area contributed by atoms with E-state index >= 15 is 0 Å². The van der Waals surface area contributed by atoms with Crippen molar-refractivity contribution in [2.75, 3.05) is 6.54 Å². The van der Waals surface area contributed by atoms with Crippen LogP contribution in [0.5, 0.6) is 0 Å². The lowest BCUT2D eigenvalue weighted by Crippen LogP contribution is -2.31. The molecule has 0 aliphatic carbocycles. The number of carboxylic acids is 1. The molecule has 0 unspecified atom stereocenters. The highest BCUT2D eigenvalue weighted by atomic mass is 16.4. The molecule has 1 amide bonds. The number of carboxylic acid groups (broad SMARTS) is 1. The molecule has 0 saturated carbocycles. The smallest absolute Gasteiger partial charge is 0.356 e. The van der Waals surface area contributed by atoms with E-state index in [1.54, 1.807) is 0 Å². The van der Waals surface area contributed by atoms with Crippen LogP contribution in [0.15, 0.2) is 42.5 Å². The van der Waals surface area contributed by atoms with Gasteiger partial charge in [-0.05, 0) is 29.2 Å². The van der Waals surface area contributed by atoms with E-state index in [1.807, 2.05) is 42.5 Å². The Hall–Kier alpha value is -3.48. The number of rotatable bonds is 3. The standard InChI is InChI=1S/C18H14N4O3/c23-17-14-6-5-12(9-13(14)7-8-19-17)10-1-3-11(4-2-10)15-16(18(24)25)21-22-20-15/h1-6,9H,7-8H2,(H,19,23)(H,24,25)(H,20,21,22). The number of nitrogens with zero attached hydrogens (tertiary/aromatic N) is 2. The number of nitrogens with one attached hydrogen (secondary N) is 2. The molecule has 4 rings (SSSR count). The first-order chi connectivity index (χ1) is 12.1. The van der Waals surface area contributed by atoms with Gasteiger partial charge >= 0.3 is 5.97 Å². The van der Waals surface area contributed by atoms with Crippen molar-refractivity contribution in [3.63, 3.8) is 0 Å². The van der Waals surface area contributed by atoms with E-state index < -0.39 is 5.97 Å². The highest BCUT2D eigenvalue weighted by molar-refractivity contribution is 5.97. The Bertz CT molecular complexity index is 976. The Kier molecular flexibility index (Phi) is 3.53. The molecule has 0 atom stereocenters. The lowest BCUT2D eigenvalue weighted by molar-refractivity contribution is 0.0691. The third-order valence-corrected chi connectivity index (χ3v) is 4.28. The fourth-order valence-corrected chi connectivity index (χ4v) is 3.01. The van der Waals surface area contributed by atoms with Crippen LogP contribution in [0.2, 0.25) is 0 Å². The number of aromatic amines is 1. The number of aromatic nitrogens is 3. The number of H-pyrrole nitrogens is 1. The summed E-state index contributed by atoms with van der Waals surface area (Å²) in [5, 5.41) is 21.8. The van der Waals surface area contributed by atoms with Crippen molar-refractivity contribution in [2.24, 2.45) is 0 Å². The zero-order chi connectivity index (χ0) is 17.4. The summed E-state index contributed by atoms with van der Waals surface area (Å²) < 4.78 is 0. The minimum atomic E-state index is -1.10. The van der Waals surface area contributed by atoms with Gasteiger partial charge in [0.2, 0.25) is 0 Å². The van der Waals surface area contributed by atoms with Gasteiger partial charge in [0, 0.05) is 17.7 Å². The molecule has 2 aromatic carbocycles. The van der Waals surface area contributed by atoms with Crippen molar-refractivity contribution < 1.29 is 14.7 Å². The van der Waals surface area contributed by atoms with Gasteiger partial charge in [0.05, 0.1) is 0 Å². The Morgan fingerprint density at radius 2 is 1.76 bits per heavy atom. The third kappa shape index (κ3) is 2.65. The molecular formula is C18H14N4O3. The van der Waals surface area contributed by atoms with Crippen molar-refractivity contribution in [3.8, 4) is 22.4 Å². The number of benzene rings is 2. The number of hydrogen-bond acceptors (Lipinski definition) is 4. The van der Waals surface area contributed by atoms with E-state index in [1.165, 1.54) is 0 Å². The average molecular weight is 334 g/mol. The Balaban J connectivity index is 1.68. The first-order valence-electron chi connectivity index (χ1n) is 7.80. The second kappa shape index (κ2) is 5.86. The van der Waals surface area contributed by atoms with Crippen molar-refractivity contribution in [2.45, 2.75) is 6.42 Å². The number of amides is 1. The number of hydrogen-bond donors (Lipinski definition) is 3. The number of fused-ring (bicyclic) bond motifs is 1. The summed E-state index contributed by atoms with van der Waals surface area (Å²) in [6.07, 6.45) is 0.813. The maximum absolute atomic E-state index is 11.8. The molecule has 3 N–H and O–H groups in total. The molecule has 1 aromatic heterocycles. The van der Waals surface area contributed by atoms with Gasteiger partial charge in [-0.2, -0.15) is 0 Å². The summed E-state index contributed by atoms with van der Waals surface area (Å²) in [4.78, 5) is 23.0. The van der Waals surface area contributed by atoms with E-state index in [0.717, 1.165) is 28.7 Å². The van der Waals surface area contributed by atoms with Crippen molar-refractivity contribution in [1.29, 1.82) is 0 Å². The average Bonchev–Trinajstić information content (AvgIpc) is 3.12. The topological polar surface area (TPSA) is 108 Å². The molecule has 0 radical (unpaired) electrons. The zero-order valence-corrected chi connectivity index (χ0v) is 13.1. The summed E-state index contributed by atoms with van der Waals surface area (Å²) in [5.41, 5.74) is 4.70. The predicted octanol–water partition coefficient (Wildman–Crippen LogP) is 2.12. The van der Waals surface area contributed by atoms with E-state index in [4.69, 9.17) is 5.11 Å². The van der Waals surface area contributed by atoms with Crippen LogP contribution in [0, 0.1) is 0 Å². The fourth-order valence-electron chi connectivity index (χ4n) is 3.01. The van der Waals surface area contributed by atoms with Crippen molar-refractivity contribution in [3.05, 3.63) is 59.3 Å². The Labute approximate surface area is 142 Å². The predicted molar refractivity (Wildman–Crippen MR) is 90.3 cm³/mol. The summed E-state index contributed by atoms with van der Waals surface area (Å²) in [6.45, 7) is 0.651. The minimum Gasteiger partial charge on any atom is -0.476 e. The second-order valence-corrected chi connectivity index (χ2v) is 5.80. The molecule has 0 fully saturated rings. The highest BCUT2D eigenvalue weighted by Gasteiger charge is 2.18. The van der Waals surface area contributed by atoms with E-state index in [9.17, 15) is 9.59 Å². The van der Waals surface area contributed by atoms with Gasteiger partial charge in [-0.3, -0.25) is 9.89 Å². The van der Waals surface area contributed by atoms with Crippen LogP contribution in [0.1, 0.15) is 26.4 Å². The van der Waals surface area contributed by atoms with Crippen LogP contribution < -0.4 is 5.32 Å². The SMILES string of the molecule is O=C1NCCc2cc(-c3ccc(-c4nn[nH]c4C(=O)O)cc3)ccc21. The third-order valence-electron chi connectivity index (χ3n) is 4.28. The van der Waals surface area contributed by atoms with Crippen LogP contribution in [0.4, 0.5) is 0 Å². The van der Waals surface area contributed by atoms with Crippen molar-refractivity contribution in [1.82, 2.24) is 20.7 Å². The lowest BCUT2D eigenvalue weighted by atomic mass is 9.94. The molecule has 25 heavy (non-hydrogen) atoms. The van der Waals surface area contributed by atoms with Gasteiger partial charge in [0.1, 0.15) is 5.69 Å². The molecule has 0 bridgehead atoms. The van der Waals surface area contributed by atoms with Crippen LogP contribution in [0.3, 0.4) is 0 Å². The number of aromatic carboxylic acids is 1. The molecule has 7 heteroatoms. The Morgan fingerprint density at radius 1 is 1.04 bits per heavy atom. The molecular weight excluding hydrogens is 320 g/mol. The molecule has 3 aromatic rings. The monoisotopic (exact) mass is 334 g/mol. The molecule has 7 nitrogen and oxygen atoms in total. The van der Waals surface area contributed by atoms with Gasteiger partial charge in [-0.1, -0.05) is 41.6 Å². The largest absolute Gasteiger partial charge is 0.476 e. The molecule has 1 aliphatic heterocycles. The van der Waals surface area contributed by atoms with Crippen molar-refractivity contribution >= 4 is 11.9 Å². The van der Waals surface area contributed by atoms with E-state index in [-0.39, 0.29) is 11.6 Å². The molecule has 0 saturated heterocycles. The molecule has 124 valence electrons. The van der Waals surface area contributed by atoms with Gasteiger partial charge in [-0.25, -0.2) is 4.79 Å². The van der Waals surface area contributed by atoms with Crippen LogP contribution in [-0.4, -0.2) is 38.9 Å². The van der Waals surface area contributed by atoms with E-state index in [0.29, 0.717) is 17.8 Å². The van der Waals surface area contributed by atoms with Crippen LogP contribution >= 0.6 is 0 Å². The van der Waals surface area contributed by atoms with E-state index in [2.05, 4.69) is 20.7 Å². The second-order valence-electron chi connectivity index (χ2n) is 5.80. The quantitative estimate of drug-likeness (QED) is 0.680. The molecule has 0 spiro atoms. The van der Waals surface area contributed by atoms with Crippen LogP contribution in [-0.2, 0) is 6.42 Å². The highest BCUT2D eigenvalue weighted by Crippen LogP contribution is 2.27. The molecule has 2 heterocycles. The number of carbonyl (C=O) groups is 2. The molecule has 1 aliphatic rings. The van der Waals surface area contributed by atoms with Gasteiger partial charge in [-0.15, -0.1) is 5.10 Å². The normalized spacial score (nSPS) is 13.2. The maximum atomic E-state index is 11.8.